The number of benzene rings is 2. The quantitative estimate of drug-likeness (QED) is 0.382. The van der Waals surface area contributed by atoms with Crippen LogP contribution in [0.2, 0.25) is 0 Å². The zero-order chi connectivity index (χ0) is 21.2. The van der Waals surface area contributed by atoms with Crippen molar-refractivity contribution in [1.82, 2.24) is 0 Å². The standard InChI is InChI=1S/C23H24O6/c1-26-15-19(23(24)25)18-12-8-7-11-17(18)10-6-5-9-16-13-20(27-2)22(29-4)21(14-16)28-3/h5-15H,1-4H3,(H,24,25)/b9-5+,10-6?,19-15+. The van der Waals surface area contributed by atoms with Crippen molar-refractivity contribution in [3.8, 4) is 17.2 Å². The minimum absolute atomic E-state index is 0.0846. The first-order valence-electron chi connectivity index (χ1n) is 8.76. The van der Waals surface area contributed by atoms with E-state index < -0.39 is 5.97 Å². The number of allylic oxidation sites excluding steroid dienone is 2. The van der Waals surface area contributed by atoms with Crippen molar-refractivity contribution in [2.45, 2.75) is 0 Å². The minimum Gasteiger partial charge on any atom is -0.503 e. The van der Waals surface area contributed by atoms with Gasteiger partial charge in [-0.2, -0.15) is 0 Å². The number of carbonyl (C=O) groups is 1. The fourth-order valence-corrected chi connectivity index (χ4v) is 2.76. The molecule has 2 aromatic carbocycles. The van der Waals surface area contributed by atoms with E-state index in [0.29, 0.717) is 22.8 Å². The maximum atomic E-state index is 11.5. The summed E-state index contributed by atoms with van der Waals surface area (Å²) >= 11 is 0. The maximum Gasteiger partial charge on any atom is 0.339 e. The predicted molar refractivity (Wildman–Crippen MR) is 113 cm³/mol. The van der Waals surface area contributed by atoms with Crippen LogP contribution in [0.5, 0.6) is 17.2 Å². The smallest absolute Gasteiger partial charge is 0.339 e. The lowest BCUT2D eigenvalue weighted by Gasteiger charge is -2.12. The Kier molecular flexibility index (Phi) is 7.91. The molecule has 0 aliphatic carbocycles. The normalized spacial score (nSPS) is 11.7. The number of ether oxygens (including phenoxy) is 4. The molecule has 0 unspecified atom stereocenters. The van der Waals surface area contributed by atoms with Crippen molar-refractivity contribution in [2.24, 2.45) is 0 Å². The van der Waals surface area contributed by atoms with Crippen molar-refractivity contribution in [3.05, 3.63) is 71.5 Å². The molecule has 2 aromatic rings. The van der Waals surface area contributed by atoms with Gasteiger partial charge < -0.3 is 24.1 Å². The molecule has 0 spiro atoms. The van der Waals surface area contributed by atoms with Gasteiger partial charge >= 0.3 is 5.97 Å². The first-order chi connectivity index (χ1) is 14.0. The Morgan fingerprint density at radius 2 is 1.52 bits per heavy atom. The topological polar surface area (TPSA) is 74.2 Å². The summed E-state index contributed by atoms with van der Waals surface area (Å²) in [6, 6.07) is 10.9. The van der Waals surface area contributed by atoms with Crippen molar-refractivity contribution >= 4 is 23.7 Å². The van der Waals surface area contributed by atoms with Gasteiger partial charge in [0.1, 0.15) is 5.57 Å². The van der Waals surface area contributed by atoms with Crippen molar-refractivity contribution in [2.75, 3.05) is 28.4 Å². The number of rotatable bonds is 9. The van der Waals surface area contributed by atoms with Gasteiger partial charge in [-0.05, 0) is 28.8 Å². The van der Waals surface area contributed by atoms with Crippen LogP contribution in [0.25, 0.3) is 17.7 Å². The van der Waals surface area contributed by atoms with Crippen molar-refractivity contribution < 1.29 is 28.8 Å². The molecule has 0 fully saturated rings. The molecule has 0 amide bonds. The second kappa shape index (κ2) is 10.6. The zero-order valence-electron chi connectivity index (χ0n) is 16.8. The van der Waals surface area contributed by atoms with E-state index in [2.05, 4.69) is 0 Å². The van der Waals surface area contributed by atoms with Crippen LogP contribution < -0.4 is 14.2 Å². The highest BCUT2D eigenvalue weighted by Crippen LogP contribution is 2.38. The van der Waals surface area contributed by atoms with E-state index in [1.807, 2.05) is 48.6 Å². The summed E-state index contributed by atoms with van der Waals surface area (Å²) in [5, 5.41) is 9.42. The molecule has 0 heterocycles. The zero-order valence-corrected chi connectivity index (χ0v) is 16.8. The molecule has 152 valence electrons. The number of carboxylic acid groups (broad SMARTS) is 1. The van der Waals surface area contributed by atoms with E-state index in [4.69, 9.17) is 18.9 Å². The molecule has 0 aliphatic rings. The molecule has 0 aliphatic heterocycles. The second-order valence-electron chi connectivity index (χ2n) is 5.84. The van der Waals surface area contributed by atoms with Gasteiger partial charge in [-0.1, -0.05) is 48.6 Å². The van der Waals surface area contributed by atoms with Crippen LogP contribution in [-0.4, -0.2) is 39.5 Å². The SMILES string of the molecule is CO/C=C(/C(=O)O)c1ccccc1C=C/C=C/c1cc(OC)c(OC)c(OC)c1. The second-order valence-corrected chi connectivity index (χ2v) is 5.84. The molecule has 6 nitrogen and oxygen atoms in total. The van der Waals surface area contributed by atoms with Gasteiger partial charge in [0.25, 0.3) is 0 Å². The Morgan fingerprint density at radius 1 is 0.897 bits per heavy atom. The van der Waals surface area contributed by atoms with Crippen LogP contribution in [-0.2, 0) is 9.53 Å². The third-order valence-corrected chi connectivity index (χ3v) is 4.08. The maximum absolute atomic E-state index is 11.5. The molecule has 0 radical (unpaired) electrons. The van der Waals surface area contributed by atoms with Crippen LogP contribution >= 0.6 is 0 Å². The molecular formula is C23H24O6. The summed E-state index contributed by atoms with van der Waals surface area (Å²) in [5.41, 5.74) is 2.27. The van der Waals surface area contributed by atoms with E-state index >= 15 is 0 Å². The Labute approximate surface area is 170 Å². The monoisotopic (exact) mass is 396 g/mol. The number of methoxy groups -OCH3 is 4. The van der Waals surface area contributed by atoms with E-state index in [1.54, 1.807) is 33.5 Å². The summed E-state index contributed by atoms with van der Waals surface area (Å²) in [4.78, 5) is 11.5. The average molecular weight is 396 g/mol. The fraction of sp³-hybridized carbons (Fsp3) is 0.174. The third kappa shape index (κ3) is 5.42. The molecule has 0 saturated carbocycles. The van der Waals surface area contributed by atoms with Gasteiger partial charge in [-0.3, -0.25) is 0 Å². The first kappa shape index (κ1) is 21.6. The molecule has 0 saturated heterocycles. The molecule has 1 N–H and O–H groups in total. The lowest BCUT2D eigenvalue weighted by molar-refractivity contribution is -0.130. The minimum atomic E-state index is -1.05. The van der Waals surface area contributed by atoms with Crippen LogP contribution in [0.3, 0.4) is 0 Å². The lowest BCUT2D eigenvalue weighted by Crippen LogP contribution is -2.02. The largest absolute Gasteiger partial charge is 0.503 e. The molecule has 29 heavy (non-hydrogen) atoms. The van der Waals surface area contributed by atoms with E-state index in [1.165, 1.54) is 13.4 Å². The predicted octanol–water partition coefficient (Wildman–Crippen LogP) is 4.51. The summed E-state index contributed by atoms with van der Waals surface area (Å²) in [7, 11) is 6.10. The van der Waals surface area contributed by atoms with Crippen LogP contribution in [0.1, 0.15) is 16.7 Å². The van der Waals surface area contributed by atoms with Gasteiger partial charge in [-0.15, -0.1) is 0 Å². The number of hydrogen-bond donors (Lipinski definition) is 1. The van der Waals surface area contributed by atoms with E-state index in [0.717, 1.165) is 11.1 Å². The van der Waals surface area contributed by atoms with Gasteiger partial charge in [-0.25, -0.2) is 4.79 Å². The van der Waals surface area contributed by atoms with E-state index in [9.17, 15) is 9.90 Å². The summed E-state index contributed by atoms with van der Waals surface area (Å²) in [6.07, 6.45) is 8.61. The van der Waals surface area contributed by atoms with Gasteiger partial charge in [0.15, 0.2) is 11.5 Å². The highest BCUT2D eigenvalue weighted by atomic mass is 16.5. The highest BCUT2D eigenvalue weighted by molar-refractivity contribution is 6.16. The Bertz CT molecular complexity index is 915. The Hall–Kier alpha value is -3.67. The van der Waals surface area contributed by atoms with E-state index in [-0.39, 0.29) is 5.57 Å². The highest BCUT2D eigenvalue weighted by Gasteiger charge is 2.14. The van der Waals surface area contributed by atoms with Crippen molar-refractivity contribution in [1.29, 1.82) is 0 Å². The molecule has 0 atom stereocenters. The summed E-state index contributed by atoms with van der Waals surface area (Å²) < 4.78 is 20.9. The van der Waals surface area contributed by atoms with Gasteiger partial charge in [0, 0.05) is 0 Å². The fourth-order valence-electron chi connectivity index (χ4n) is 2.76. The van der Waals surface area contributed by atoms with Crippen LogP contribution in [0, 0.1) is 0 Å². The Balaban J connectivity index is 2.30. The Morgan fingerprint density at radius 3 is 2.07 bits per heavy atom. The summed E-state index contributed by atoms with van der Waals surface area (Å²) in [6.45, 7) is 0. The molecule has 2 rings (SSSR count). The number of hydrogen-bond acceptors (Lipinski definition) is 5. The summed E-state index contributed by atoms with van der Waals surface area (Å²) in [5.74, 6) is 0.608. The van der Waals surface area contributed by atoms with Crippen LogP contribution in [0.4, 0.5) is 0 Å². The van der Waals surface area contributed by atoms with Crippen LogP contribution in [0.15, 0.2) is 54.8 Å². The average Bonchev–Trinajstić information content (AvgIpc) is 2.74. The van der Waals surface area contributed by atoms with Gasteiger partial charge in [0.2, 0.25) is 5.75 Å². The number of aliphatic carboxylic acids is 1. The molecule has 0 bridgehead atoms. The molecular weight excluding hydrogens is 372 g/mol. The molecule has 6 heteroatoms. The molecule has 0 aromatic heterocycles. The lowest BCUT2D eigenvalue weighted by atomic mass is 10.00. The van der Waals surface area contributed by atoms with Crippen molar-refractivity contribution in [3.63, 3.8) is 0 Å². The number of carboxylic acids is 1. The first-order valence-corrected chi connectivity index (χ1v) is 8.76. The third-order valence-electron chi connectivity index (χ3n) is 4.08. The van der Waals surface area contributed by atoms with Gasteiger partial charge in [0.05, 0.1) is 34.7 Å².